The predicted octanol–water partition coefficient (Wildman–Crippen LogP) is 2.91. The molecule has 6 nitrogen and oxygen atoms in total. The molecule has 2 aromatic carbocycles. The van der Waals surface area contributed by atoms with Crippen molar-refractivity contribution in [3.63, 3.8) is 0 Å². The smallest absolute Gasteiger partial charge is 0.274 e. The Hall–Kier alpha value is -2.67. The summed E-state index contributed by atoms with van der Waals surface area (Å²) in [7, 11) is 4.95. The minimum Gasteiger partial charge on any atom is -0.496 e. The van der Waals surface area contributed by atoms with Gasteiger partial charge in [-0.2, -0.15) is 5.10 Å². The normalized spacial score (nSPS) is 10.8. The van der Waals surface area contributed by atoms with Gasteiger partial charge >= 0.3 is 0 Å². The molecule has 0 fully saturated rings. The van der Waals surface area contributed by atoms with Gasteiger partial charge in [-0.25, -0.2) is 4.68 Å². The van der Waals surface area contributed by atoms with Gasteiger partial charge in [0.05, 0.1) is 24.6 Å². The molecule has 0 unspecified atom stereocenters. The van der Waals surface area contributed by atoms with Crippen molar-refractivity contribution >= 4 is 32.6 Å². The van der Waals surface area contributed by atoms with E-state index in [0.29, 0.717) is 23.0 Å². The molecule has 0 aliphatic rings. The van der Waals surface area contributed by atoms with Gasteiger partial charge in [-0.1, -0.05) is 34.1 Å². The number of hydrogen-bond donors (Lipinski definition) is 0. The molecule has 0 saturated heterocycles. The molecule has 0 aliphatic heterocycles. The molecule has 27 heavy (non-hydrogen) atoms. The summed E-state index contributed by atoms with van der Waals surface area (Å²) < 4.78 is 7.58. The van der Waals surface area contributed by atoms with E-state index in [-0.39, 0.29) is 17.9 Å². The summed E-state index contributed by atoms with van der Waals surface area (Å²) in [6, 6.07) is 12.9. The van der Waals surface area contributed by atoms with Gasteiger partial charge in [0, 0.05) is 36.1 Å². The molecule has 140 valence electrons. The molecule has 1 aromatic heterocycles. The number of benzene rings is 2. The molecule has 0 spiro atoms. The molecule has 3 aromatic rings. The lowest BCUT2D eigenvalue weighted by Gasteiger charge is -2.19. The van der Waals surface area contributed by atoms with E-state index in [4.69, 9.17) is 4.74 Å². The molecule has 1 heterocycles. The molecule has 0 N–H and O–H groups in total. The Labute approximate surface area is 165 Å². The van der Waals surface area contributed by atoms with Crippen molar-refractivity contribution < 1.29 is 9.53 Å². The molecule has 0 aliphatic carbocycles. The summed E-state index contributed by atoms with van der Waals surface area (Å²) in [5.74, 6) is 0.636. The van der Waals surface area contributed by atoms with Crippen LogP contribution in [0, 0.1) is 0 Å². The van der Waals surface area contributed by atoms with E-state index >= 15 is 0 Å². The first kappa shape index (κ1) is 19.1. The predicted molar refractivity (Wildman–Crippen MR) is 108 cm³/mol. The van der Waals surface area contributed by atoms with Crippen LogP contribution in [0.2, 0.25) is 0 Å². The average Bonchev–Trinajstić information content (AvgIpc) is 2.66. The summed E-state index contributed by atoms with van der Waals surface area (Å²) in [6.45, 7) is 0.408. The standard InChI is InChI=1S/C20H20BrN3O3/c1-23(12-13-10-14(21)8-9-18(13)27-3)19(25)11-17-15-6-4-5-7-16(15)20(26)24(2)22-17/h4-10H,11-12H2,1-3H3. The van der Waals surface area contributed by atoms with Crippen LogP contribution in [0.1, 0.15) is 11.3 Å². The fourth-order valence-electron chi connectivity index (χ4n) is 3.00. The highest BCUT2D eigenvalue weighted by Crippen LogP contribution is 2.24. The van der Waals surface area contributed by atoms with Crippen molar-refractivity contribution in [1.82, 2.24) is 14.7 Å². The van der Waals surface area contributed by atoms with Crippen molar-refractivity contribution in [3.05, 3.63) is 68.5 Å². The first-order chi connectivity index (χ1) is 12.9. The topological polar surface area (TPSA) is 64.4 Å². The number of aryl methyl sites for hydroxylation is 1. The molecule has 0 atom stereocenters. The average molecular weight is 430 g/mol. The Bertz CT molecular complexity index is 1060. The number of hydrogen-bond acceptors (Lipinski definition) is 4. The Kier molecular flexibility index (Phi) is 5.60. The van der Waals surface area contributed by atoms with Crippen molar-refractivity contribution in [2.75, 3.05) is 14.2 Å². The van der Waals surface area contributed by atoms with Crippen LogP contribution in [0.25, 0.3) is 10.8 Å². The lowest BCUT2D eigenvalue weighted by atomic mass is 10.1. The number of carbonyl (C=O) groups is 1. The number of aromatic nitrogens is 2. The Morgan fingerprint density at radius 2 is 1.93 bits per heavy atom. The van der Waals surface area contributed by atoms with Crippen LogP contribution < -0.4 is 10.3 Å². The summed E-state index contributed by atoms with van der Waals surface area (Å²) in [4.78, 5) is 26.6. The second kappa shape index (κ2) is 7.92. The van der Waals surface area contributed by atoms with Gasteiger partial charge in [0.25, 0.3) is 5.56 Å². The monoisotopic (exact) mass is 429 g/mol. The van der Waals surface area contributed by atoms with Gasteiger partial charge in [0.15, 0.2) is 0 Å². The summed E-state index contributed by atoms with van der Waals surface area (Å²) >= 11 is 3.45. The van der Waals surface area contributed by atoms with Gasteiger partial charge in [0.1, 0.15) is 5.75 Å². The first-order valence-electron chi connectivity index (χ1n) is 8.42. The van der Waals surface area contributed by atoms with Crippen LogP contribution in [0.5, 0.6) is 5.75 Å². The van der Waals surface area contributed by atoms with E-state index in [1.807, 2.05) is 30.3 Å². The minimum atomic E-state index is -0.172. The Morgan fingerprint density at radius 1 is 1.22 bits per heavy atom. The van der Waals surface area contributed by atoms with E-state index in [2.05, 4.69) is 21.0 Å². The largest absolute Gasteiger partial charge is 0.496 e. The van der Waals surface area contributed by atoms with Gasteiger partial charge in [0.2, 0.25) is 5.91 Å². The van der Waals surface area contributed by atoms with Crippen LogP contribution in [-0.2, 0) is 24.8 Å². The van der Waals surface area contributed by atoms with Gasteiger partial charge in [-0.15, -0.1) is 0 Å². The lowest BCUT2D eigenvalue weighted by molar-refractivity contribution is -0.129. The summed E-state index contributed by atoms with van der Waals surface area (Å²) in [5, 5.41) is 5.58. The number of nitrogens with zero attached hydrogens (tertiary/aromatic N) is 3. The highest BCUT2D eigenvalue weighted by atomic mass is 79.9. The zero-order valence-electron chi connectivity index (χ0n) is 15.4. The van der Waals surface area contributed by atoms with Crippen molar-refractivity contribution in [2.24, 2.45) is 7.05 Å². The first-order valence-corrected chi connectivity index (χ1v) is 9.21. The van der Waals surface area contributed by atoms with Gasteiger partial charge in [-0.05, 0) is 24.3 Å². The number of carbonyl (C=O) groups excluding carboxylic acids is 1. The maximum atomic E-state index is 12.8. The molecule has 0 radical (unpaired) electrons. The zero-order chi connectivity index (χ0) is 19.6. The van der Waals surface area contributed by atoms with E-state index in [1.165, 1.54) is 4.68 Å². The lowest BCUT2D eigenvalue weighted by Crippen LogP contribution is -2.30. The fraction of sp³-hybridized carbons (Fsp3) is 0.250. The third kappa shape index (κ3) is 4.03. The fourth-order valence-corrected chi connectivity index (χ4v) is 3.41. The second-order valence-corrected chi connectivity index (χ2v) is 7.22. The zero-order valence-corrected chi connectivity index (χ0v) is 17.0. The quantitative estimate of drug-likeness (QED) is 0.625. The maximum Gasteiger partial charge on any atom is 0.274 e. The van der Waals surface area contributed by atoms with Crippen LogP contribution in [-0.4, -0.2) is 34.7 Å². The molecule has 0 saturated carbocycles. The van der Waals surface area contributed by atoms with E-state index < -0.39 is 0 Å². The van der Waals surface area contributed by atoms with Crippen molar-refractivity contribution in [2.45, 2.75) is 13.0 Å². The van der Waals surface area contributed by atoms with Crippen LogP contribution in [0.15, 0.2) is 51.7 Å². The van der Waals surface area contributed by atoms with Gasteiger partial charge in [-0.3, -0.25) is 9.59 Å². The number of halogens is 1. The van der Waals surface area contributed by atoms with E-state index in [1.54, 1.807) is 38.2 Å². The van der Waals surface area contributed by atoms with Crippen molar-refractivity contribution in [3.8, 4) is 5.75 Å². The third-order valence-corrected chi connectivity index (χ3v) is 4.92. The molecular formula is C20H20BrN3O3. The number of rotatable bonds is 5. The second-order valence-electron chi connectivity index (χ2n) is 6.30. The summed E-state index contributed by atoms with van der Waals surface area (Å²) in [5.41, 5.74) is 1.32. The van der Waals surface area contributed by atoms with Crippen LogP contribution >= 0.6 is 15.9 Å². The van der Waals surface area contributed by atoms with Crippen LogP contribution in [0.3, 0.4) is 0 Å². The van der Waals surface area contributed by atoms with Crippen molar-refractivity contribution in [1.29, 1.82) is 0 Å². The Balaban J connectivity index is 1.86. The molecule has 3 rings (SSSR count). The number of likely N-dealkylation sites (N-methyl/N-ethyl adjacent to an activating group) is 1. The van der Waals surface area contributed by atoms with Gasteiger partial charge < -0.3 is 9.64 Å². The van der Waals surface area contributed by atoms with Crippen LogP contribution in [0.4, 0.5) is 0 Å². The molecular weight excluding hydrogens is 410 g/mol. The molecule has 7 heteroatoms. The summed E-state index contributed by atoms with van der Waals surface area (Å²) in [6.07, 6.45) is 0.113. The SMILES string of the molecule is COc1ccc(Br)cc1CN(C)C(=O)Cc1nn(C)c(=O)c2ccccc12. The number of methoxy groups -OCH3 is 1. The highest BCUT2D eigenvalue weighted by Gasteiger charge is 2.17. The number of ether oxygens (including phenoxy) is 1. The van der Waals surface area contributed by atoms with E-state index in [0.717, 1.165) is 15.8 Å². The Morgan fingerprint density at radius 3 is 2.63 bits per heavy atom. The molecule has 1 amide bonds. The number of amides is 1. The highest BCUT2D eigenvalue weighted by molar-refractivity contribution is 9.10. The van der Waals surface area contributed by atoms with E-state index in [9.17, 15) is 9.59 Å². The third-order valence-electron chi connectivity index (χ3n) is 4.43. The minimum absolute atomic E-state index is 0.0895. The maximum absolute atomic E-state index is 12.8. The molecule has 0 bridgehead atoms. The number of fused-ring (bicyclic) bond motifs is 1.